The van der Waals surface area contributed by atoms with Crippen LogP contribution in [0.25, 0.3) is 0 Å². The number of nitrogens with one attached hydrogen (secondary N) is 2. The number of anilines is 3. The average Bonchev–Trinajstić information content (AvgIpc) is 3.06. The van der Waals surface area contributed by atoms with Crippen LogP contribution in [0.4, 0.5) is 17.3 Å². The van der Waals surface area contributed by atoms with E-state index in [1.807, 2.05) is 30.1 Å². The predicted octanol–water partition coefficient (Wildman–Crippen LogP) is 1.25. The van der Waals surface area contributed by atoms with Gasteiger partial charge in [-0.15, -0.1) is 0 Å². The Hall–Kier alpha value is -3.36. The van der Waals surface area contributed by atoms with Gasteiger partial charge in [0.05, 0.1) is 11.9 Å². The highest BCUT2D eigenvalue weighted by atomic mass is 16.2. The van der Waals surface area contributed by atoms with Gasteiger partial charge in [-0.05, 0) is 25.0 Å². The normalized spacial score (nSPS) is 16.6. The third-order valence-corrected chi connectivity index (χ3v) is 4.36. The van der Waals surface area contributed by atoms with Gasteiger partial charge < -0.3 is 25.8 Å². The van der Waals surface area contributed by atoms with Crippen molar-refractivity contribution in [1.29, 1.82) is 0 Å². The highest BCUT2D eigenvalue weighted by Gasteiger charge is 2.23. The zero-order valence-corrected chi connectivity index (χ0v) is 15.2. The number of nitrogens with two attached hydrogens (primary N) is 1. The molecular weight excluding hydrogens is 346 g/mol. The Balaban J connectivity index is 1.77. The molecule has 1 atom stereocenters. The molecule has 0 saturated carbocycles. The summed E-state index contributed by atoms with van der Waals surface area (Å²) in [5, 5.41) is 6.36. The summed E-state index contributed by atoms with van der Waals surface area (Å²) in [5.74, 6) is 0.0564. The number of likely N-dealkylation sites (tertiary alicyclic amines) is 1. The van der Waals surface area contributed by atoms with Crippen LogP contribution in [0.3, 0.4) is 0 Å². The van der Waals surface area contributed by atoms with Crippen LogP contribution in [0.5, 0.6) is 0 Å². The monoisotopic (exact) mass is 369 g/mol. The van der Waals surface area contributed by atoms with E-state index in [4.69, 9.17) is 5.73 Å². The van der Waals surface area contributed by atoms with Crippen LogP contribution in [0.2, 0.25) is 0 Å². The lowest BCUT2D eigenvalue weighted by Gasteiger charge is -2.32. The third-order valence-electron chi connectivity index (χ3n) is 4.36. The van der Waals surface area contributed by atoms with Crippen LogP contribution in [-0.2, 0) is 11.8 Å². The van der Waals surface area contributed by atoms with Crippen LogP contribution < -0.4 is 16.4 Å². The number of piperidine rings is 1. The molecule has 1 fully saturated rings. The molecule has 9 heteroatoms. The molecule has 9 nitrogen and oxygen atoms in total. The minimum absolute atomic E-state index is 0.0425. The lowest BCUT2D eigenvalue weighted by Crippen LogP contribution is -2.44. The number of amides is 2. The van der Waals surface area contributed by atoms with Crippen molar-refractivity contribution >= 4 is 29.1 Å². The summed E-state index contributed by atoms with van der Waals surface area (Å²) in [6, 6.07) is 1.90. The minimum Gasteiger partial charge on any atom is -0.364 e. The Morgan fingerprint density at radius 2 is 2.26 bits per heavy atom. The van der Waals surface area contributed by atoms with E-state index in [1.54, 1.807) is 4.90 Å². The maximum Gasteiger partial charge on any atom is 0.271 e. The molecule has 1 aliphatic heterocycles. The van der Waals surface area contributed by atoms with Gasteiger partial charge in [-0.25, -0.2) is 9.97 Å². The zero-order chi connectivity index (χ0) is 19.4. The van der Waals surface area contributed by atoms with Crippen molar-refractivity contribution in [3.63, 3.8) is 0 Å². The summed E-state index contributed by atoms with van der Waals surface area (Å²) in [6.45, 7) is 4.82. The highest BCUT2D eigenvalue weighted by molar-refractivity contribution is 5.96. The van der Waals surface area contributed by atoms with Crippen molar-refractivity contribution in [3.8, 4) is 0 Å². The molecule has 2 amide bonds. The second-order valence-corrected chi connectivity index (χ2v) is 6.48. The molecule has 0 bridgehead atoms. The minimum atomic E-state index is -0.659. The van der Waals surface area contributed by atoms with Crippen molar-refractivity contribution in [2.24, 2.45) is 12.8 Å². The first-order valence-corrected chi connectivity index (χ1v) is 8.70. The summed E-state index contributed by atoms with van der Waals surface area (Å²) in [4.78, 5) is 33.9. The van der Waals surface area contributed by atoms with Crippen molar-refractivity contribution in [2.75, 3.05) is 23.7 Å². The standard InChI is InChI=1S/C18H23N7O2/c1-3-15(26)25-7-4-5-12(11-25)21-14-9-20-16(17(19)27)18(23-14)22-13-6-8-24(2)10-13/h3,6,8-10,12H,1,4-5,7,11H2,2H3,(H2,19,27)(H2,21,22,23)/t12-/m1/s1. The Morgan fingerprint density at radius 3 is 2.93 bits per heavy atom. The van der Waals surface area contributed by atoms with Gasteiger partial charge in [0.1, 0.15) is 5.82 Å². The van der Waals surface area contributed by atoms with Gasteiger partial charge in [0, 0.05) is 38.6 Å². The Kier molecular flexibility index (Phi) is 5.39. The molecule has 4 N–H and O–H groups in total. The van der Waals surface area contributed by atoms with Crippen LogP contribution in [0.15, 0.2) is 37.3 Å². The lowest BCUT2D eigenvalue weighted by atomic mass is 10.1. The number of rotatable bonds is 6. The van der Waals surface area contributed by atoms with Crippen molar-refractivity contribution < 1.29 is 9.59 Å². The van der Waals surface area contributed by atoms with Crippen LogP contribution in [0, 0.1) is 0 Å². The van der Waals surface area contributed by atoms with Gasteiger partial charge in [-0.2, -0.15) is 0 Å². The molecule has 3 heterocycles. The Bertz CT molecular complexity index is 861. The summed E-state index contributed by atoms with van der Waals surface area (Å²) >= 11 is 0. The quantitative estimate of drug-likeness (QED) is 0.660. The molecule has 1 aliphatic rings. The molecule has 27 heavy (non-hydrogen) atoms. The van der Waals surface area contributed by atoms with E-state index in [1.165, 1.54) is 12.3 Å². The summed E-state index contributed by atoms with van der Waals surface area (Å²) in [6.07, 6.45) is 8.32. The zero-order valence-electron chi connectivity index (χ0n) is 15.2. The molecule has 0 aliphatic carbocycles. The van der Waals surface area contributed by atoms with Gasteiger partial charge in [0.25, 0.3) is 5.91 Å². The predicted molar refractivity (Wildman–Crippen MR) is 103 cm³/mol. The maximum absolute atomic E-state index is 11.8. The van der Waals surface area contributed by atoms with E-state index in [0.717, 1.165) is 25.1 Å². The van der Waals surface area contributed by atoms with E-state index >= 15 is 0 Å². The largest absolute Gasteiger partial charge is 0.364 e. The van der Waals surface area contributed by atoms with Crippen molar-refractivity contribution in [3.05, 3.63) is 43.0 Å². The van der Waals surface area contributed by atoms with Gasteiger partial charge in [-0.1, -0.05) is 6.58 Å². The third kappa shape index (κ3) is 4.43. The fourth-order valence-electron chi connectivity index (χ4n) is 3.07. The highest BCUT2D eigenvalue weighted by Crippen LogP contribution is 2.21. The number of nitrogens with zero attached hydrogens (tertiary/aromatic N) is 4. The molecule has 0 unspecified atom stereocenters. The molecule has 0 aromatic carbocycles. The number of carbonyl (C=O) groups excluding carboxylic acids is 2. The van der Waals surface area contributed by atoms with Gasteiger partial charge in [0.15, 0.2) is 11.5 Å². The van der Waals surface area contributed by atoms with E-state index < -0.39 is 5.91 Å². The van der Waals surface area contributed by atoms with Gasteiger partial charge in [-0.3, -0.25) is 9.59 Å². The smallest absolute Gasteiger partial charge is 0.271 e. The summed E-state index contributed by atoms with van der Waals surface area (Å²) in [7, 11) is 1.89. The van der Waals surface area contributed by atoms with E-state index in [-0.39, 0.29) is 23.5 Å². The summed E-state index contributed by atoms with van der Waals surface area (Å²) in [5.41, 5.74) is 6.25. The van der Waals surface area contributed by atoms with E-state index in [0.29, 0.717) is 12.4 Å². The molecular formula is C18H23N7O2. The number of primary amides is 1. The second kappa shape index (κ2) is 7.90. The molecule has 2 aromatic rings. The second-order valence-electron chi connectivity index (χ2n) is 6.48. The lowest BCUT2D eigenvalue weighted by molar-refractivity contribution is -0.127. The number of hydrogen-bond donors (Lipinski definition) is 3. The number of aromatic nitrogens is 3. The molecule has 1 saturated heterocycles. The first kappa shape index (κ1) is 18.4. The fourth-order valence-corrected chi connectivity index (χ4v) is 3.07. The van der Waals surface area contributed by atoms with E-state index in [2.05, 4.69) is 27.2 Å². The average molecular weight is 369 g/mol. The summed E-state index contributed by atoms with van der Waals surface area (Å²) < 4.78 is 1.87. The molecule has 142 valence electrons. The molecule has 2 aromatic heterocycles. The molecule has 3 rings (SSSR count). The Labute approximate surface area is 157 Å². The number of carbonyl (C=O) groups is 2. The maximum atomic E-state index is 11.8. The van der Waals surface area contributed by atoms with Crippen LogP contribution in [-0.4, -0.2) is 50.4 Å². The Morgan fingerprint density at radius 1 is 1.44 bits per heavy atom. The van der Waals surface area contributed by atoms with Crippen molar-refractivity contribution in [2.45, 2.75) is 18.9 Å². The number of hydrogen-bond acceptors (Lipinski definition) is 6. The van der Waals surface area contributed by atoms with Crippen LogP contribution in [0.1, 0.15) is 23.3 Å². The SMILES string of the molecule is C=CC(=O)N1CCC[C@@H](Nc2cnc(C(N)=O)c(Nc3ccn(C)c3)n2)C1. The topological polar surface area (TPSA) is 118 Å². The molecule has 0 radical (unpaired) electrons. The number of aryl methyl sites for hydroxylation is 1. The first-order chi connectivity index (χ1) is 13.0. The van der Waals surface area contributed by atoms with Crippen LogP contribution >= 0.6 is 0 Å². The molecule has 0 spiro atoms. The van der Waals surface area contributed by atoms with E-state index in [9.17, 15) is 9.59 Å². The van der Waals surface area contributed by atoms with Crippen molar-refractivity contribution in [1.82, 2.24) is 19.4 Å². The van der Waals surface area contributed by atoms with Gasteiger partial charge in [0.2, 0.25) is 5.91 Å². The fraction of sp³-hybridized carbons (Fsp3) is 0.333. The first-order valence-electron chi connectivity index (χ1n) is 8.70. The van der Waals surface area contributed by atoms with Gasteiger partial charge >= 0.3 is 0 Å².